The molecule has 3 N–H and O–H groups in total. The number of aromatic nitrogens is 6. The molecule has 0 bridgehead atoms. The Hall–Kier alpha value is -4.28. The van der Waals surface area contributed by atoms with Crippen molar-refractivity contribution in [1.29, 1.82) is 0 Å². The van der Waals surface area contributed by atoms with Gasteiger partial charge in [-0.3, -0.25) is 0 Å². The average molecular weight is 406 g/mol. The van der Waals surface area contributed by atoms with Gasteiger partial charge < -0.3 is 20.1 Å². The van der Waals surface area contributed by atoms with E-state index in [1.165, 1.54) is 0 Å². The highest BCUT2D eigenvalue weighted by molar-refractivity contribution is 5.66. The van der Waals surface area contributed by atoms with Gasteiger partial charge in [-0.25, -0.2) is 9.37 Å². The molecule has 0 radical (unpaired) electrons. The lowest BCUT2D eigenvalue weighted by atomic mass is 10.2. The van der Waals surface area contributed by atoms with Crippen LogP contribution in [0.4, 0.5) is 27.5 Å². The van der Waals surface area contributed by atoms with Crippen LogP contribution < -0.4 is 20.1 Å². The van der Waals surface area contributed by atoms with E-state index in [-0.39, 0.29) is 11.8 Å². The second-order valence-electron chi connectivity index (χ2n) is 6.31. The first-order valence-corrected chi connectivity index (χ1v) is 9.05. The minimum atomic E-state index is -0.587. The number of aromatic amines is 1. The first-order chi connectivity index (χ1) is 14.7. The molecule has 1 aliphatic heterocycles. The summed E-state index contributed by atoms with van der Waals surface area (Å²) >= 11 is 0. The summed E-state index contributed by atoms with van der Waals surface area (Å²) in [7, 11) is 0. The molecule has 2 aromatic carbocycles. The van der Waals surface area contributed by atoms with E-state index in [0.29, 0.717) is 41.9 Å². The number of hydrogen-bond donors (Lipinski definition) is 3. The van der Waals surface area contributed by atoms with Crippen LogP contribution in [-0.4, -0.2) is 43.8 Å². The van der Waals surface area contributed by atoms with Crippen molar-refractivity contribution in [2.24, 2.45) is 0 Å². The lowest BCUT2D eigenvalue weighted by Crippen LogP contribution is -2.15. The summed E-state index contributed by atoms with van der Waals surface area (Å²) in [5.41, 5.74) is 2.06. The number of anilines is 4. The van der Waals surface area contributed by atoms with Crippen LogP contribution in [0.1, 0.15) is 0 Å². The molecular formula is C19H15FN8O2. The first kappa shape index (κ1) is 17.8. The summed E-state index contributed by atoms with van der Waals surface area (Å²) in [4.78, 5) is 8.24. The monoisotopic (exact) mass is 406 g/mol. The fourth-order valence-corrected chi connectivity index (χ4v) is 2.92. The van der Waals surface area contributed by atoms with Gasteiger partial charge in [-0.2, -0.15) is 10.2 Å². The molecule has 0 unspecified atom stereocenters. The molecule has 150 valence electrons. The van der Waals surface area contributed by atoms with Gasteiger partial charge in [0.2, 0.25) is 11.8 Å². The minimum Gasteiger partial charge on any atom is -0.486 e. The molecule has 3 heterocycles. The summed E-state index contributed by atoms with van der Waals surface area (Å²) in [5.74, 6) is 1.37. The Kier molecular flexibility index (Phi) is 4.52. The van der Waals surface area contributed by atoms with E-state index in [1.807, 2.05) is 24.3 Å². The van der Waals surface area contributed by atoms with Crippen LogP contribution in [0.15, 0.2) is 48.7 Å². The molecule has 11 heteroatoms. The van der Waals surface area contributed by atoms with E-state index in [1.54, 1.807) is 18.2 Å². The SMILES string of the molecule is Fc1cnc(Nc2cccc(-c3nn[nH]n3)c2)nc1Nc1ccc2c(c1)OCCO2. The summed E-state index contributed by atoms with van der Waals surface area (Å²) in [6, 6.07) is 12.6. The van der Waals surface area contributed by atoms with Gasteiger partial charge in [0.15, 0.2) is 23.1 Å². The number of nitrogens with one attached hydrogen (secondary N) is 3. The Morgan fingerprint density at radius 1 is 0.967 bits per heavy atom. The molecule has 10 nitrogen and oxygen atoms in total. The summed E-state index contributed by atoms with van der Waals surface area (Å²) in [6.45, 7) is 0.971. The number of benzene rings is 2. The van der Waals surface area contributed by atoms with Gasteiger partial charge in [-0.05, 0) is 29.5 Å². The predicted molar refractivity (Wildman–Crippen MR) is 106 cm³/mol. The van der Waals surface area contributed by atoms with Gasteiger partial charge >= 0.3 is 0 Å². The molecule has 0 spiro atoms. The summed E-state index contributed by atoms with van der Waals surface area (Å²) in [6.07, 6.45) is 1.10. The zero-order valence-electron chi connectivity index (χ0n) is 15.5. The van der Waals surface area contributed by atoms with Crippen LogP contribution in [-0.2, 0) is 0 Å². The fraction of sp³-hybridized carbons (Fsp3) is 0.105. The van der Waals surface area contributed by atoms with Crippen LogP contribution in [0.3, 0.4) is 0 Å². The number of rotatable bonds is 5. The third-order valence-electron chi connectivity index (χ3n) is 4.27. The number of halogens is 1. The second-order valence-corrected chi connectivity index (χ2v) is 6.31. The zero-order chi connectivity index (χ0) is 20.3. The molecule has 0 saturated heterocycles. The maximum Gasteiger partial charge on any atom is 0.229 e. The lowest BCUT2D eigenvalue weighted by molar-refractivity contribution is 0.171. The van der Waals surface area contributed by atoms with Crippen LogP contribution in [0, 0.1) is 5.82 Å². The Bertz CT molecular complexity index is 1190. The average Bonchev–Trinajstić information content (AvgIpc) is 3.31. The molecule has 4 aromatic rings. The van der Waals surface area contributed by atoms with Crippen molar-refractivity contribution >= 4 is 23.1 Å². The van der Waals surface area contributed by atoms with E-state index >= 15 is 0 Å². The highest BCUT2D eigenvalue weighted by Crippen LogP contribution is 2.33. The van der Waals surface area contributed by atoms with Gasteiger partial charge in [-0.15, -0.1) is 10.2 Å². The third-order valence-corrected chi connectivity index (χ3v) is 4.27. The number of H-pyrrole nitrogens is 1. The fourth-order valence-electron chi connectivity index (χ4n) is 2.92. The van der Waals surface area contributed by atoms with Crippen molar-refractivity contribution in [1.82, 2.24) is 30.6 Å². The maximum atomic E-state index is 14.3. The standard InChI is InChI=1S/C19H15FN8O2/c20-14-10-21-19(23-12-3-1-2-11(8-12)17-25-27-28-26-17)24-18(14)22-13-4-5-15-16(9-13)30-7-6-29-15/h1-5,8-10H,6-7H2,(H2,21,22,23,24)(H,25,26,27,28). The summed E-state index contributed by atoms with van der Waals surface area (Å²) in [5, 5.41) is 19.9. The minimum absolute atomic E-state index is 0.0264. The maximum absolute atomic E-state index is 14.3. The zero-order valence-corrected chi connectivity index (χ0v) is 15.5. The predicted octanol–water partition coefficient (Wildman–Crippen LogP) is 3.05. The van der Waals surface area contributed by atoms with Crippen LogP contribution >= 0.6 is 0 Å². The highest BCUT2D eigenvalue weighted by Gasteiger charge is 2.14. The van der Waals surface area contributed by atoms with Crippen molar-refractivity contribution < 1.29 is 13.9 Å². The Morgan fingerprint density at radius 2 is 1.83 bits per heavy atom. The molecule has 0 amide bonds. The highest BCUT2D eigenvalue weighted by atomic mass is 19.1. The number of nitrogens with zero attached hydrogens (tertiary/aromatic N) is 5. The van der Waals surface area contributed by atoms with Crippen LogP contribution in [0.5, 0.6) is 11.5 Å². The van der Waals surface area contributed by atoms with E-state index in [4.69, 9.17) is 9.47 Å². The van der Waals surface area contributed by atoms with Gasteiger partial charge in [0.1, 0.15) is 13.2 Å². The van der Waals surface area contributed by atoms with Crippen molar-refractivity contribution in [3.8, 4) is 22.9 Å². The summed E-state index contributed by atoms with van der Waals surface area (Å²) < 4.78 is 25.3. The molecule has 0 saturated carbocycles. The smallest absolute Gasteiger partial charge is 0.229 e. The molecule has 30 heavy (non-hydrogen) atoms. The van der Waals surface area contributed by atoms with Gasteiger partial charge in [0.25, 0.3) is 0 Å². The first-order valence-electron chi connectivity index (χ1n) is 9.05. The van der Waals surface area contributed by atoms with E-state index in [9.17, 15) is 4.39 Å². The molecule has 0 fully saturated rings. The van der Waals surface area contributed by atoms with Crippen molar-refractivity contribution in [2.45, 2.75) is 0 Å². The van der Waals surface area contributed by atoms with Crippen molar-refractivity contribution in [2.75, 3.05) is 23.8 Å². The molecular weight excluding hydrogens is 391 g/mol. The number of fused-ring (bicyclic) bond motifs is 1. The number of hydrogen-bond acceptors (Lipinski definition) is 9. The molecule has 5 rings (SSSR count). The second kappa shape index (κ2) is 7.62. The Labute approximate surface area is 169 Å². The molecule has 0 aliphatic carbocycles. The van der Waals surface area contributed by atoms with Crippen molar-refractivity contribution in [3.05, 3.63) is 54.5 Å². The quantitative estimate of drug-likeness (QED) is 0.459. The largest absolute Gasteiger partial charge is 0.486 e. The van der Waals surface area contributed by atoms with Gasteiger partial charge in [-0.1, -0.05) is 12.1 Å². The number of ether oxygens (including phenoxy) is 2. The van der Waals surface area contributed by atoms with E-state index in [0.717, 1.165) is 11.8 Å². The van der Waals surface area contributed by atoms with Crippen molar-refractivity contribution in [3.63, 3.8) is 0 Å². The lowest BCUT2D eigenvalue weighted by Gasteiger charge is -2.19. The van der Waals surface area contributed by atoms with Gasteiger partial charge in [0.05, 0.1) is 6.20 Å². The Balaban J connectivity index is 1.37. The van der Waals surface area contributed by atoms with E-state index in [2.05, 4.69) is 41.2 Å². The molecule has 0 atom stereocenters. The third kappa shape index (κ3) is 3.68. The van der Waals surface area contributed by atoms with Crippen LogP contribution in [0.25, 0.3) is 11.4 Å². The van der Waals surface area contributed by atoms with Gasteiger partial charge in [0, 0.05) is 23.0 Å². The molecule has 2 aromatic heterocycles. The molecule has 1 aliphatic rings. The number of tetrazole rings is 1. The Morgan fingerprint density at radius 3 is 2.70 bits per heavy atom. The van der Waals surface area contributed by atoms with Crippen LogP contribution in [0.2, 0.25) is 0 Å². The van der Waals surface area contributed by atoms with E-state index < -0.39 is 5.82 Å². The topological polar surface area (TPSA) is 123 Å². The normalized spacial score (nSPS) is 12.4.